The van der Waals surface area contributed by atoms with Gasteiger partial charge in [0, 0.05) is 25.3 Å². The normalized spacial score (nSPS) is 13.1. The Bertz CT molecular complexity index is 317. The molecule has 16 heavy (non-hydrogen) atoms. The van der Waals surface area contributed by atoms with Crippen molar-refractivity contribution in [2.24, 2.45) is 0 Å². The maximum absolute atomic E-state index is 4.49. The first-order chi connectivity index (χ1) is 7.54. The van der Waals surface area contributed by atoms with Crippen molar-refractivity contribution in [3.8, 4) is 0 Å². The highest BCUT2D eigenvalue weighted by Gasteiger charge is 2.08. The molecule has 0 amide bonds. The van der Waals surface area contributed by atoms with Gasteiger partial charge in [-0.1, -0.05) is 6.92 Å². The molecule has 1 heterocycles. The van der Waals surface area contributed by atoms with E-state index in [1.165, 1.54) is 0 Å². The minimum Gasteiger partial charge on any atom is -0.354 e. The molecule has 4 heteroatoms. The van der Waals surface area contributed by atoms with E-state index in [2.05, 4.69) is 53.9 Å². The number of imidazole rings is 1. The van der Waals surface area contributed by atoms with Crippen LogP contribution in [-0.4, -0.2) is 41.1 Å². The van der Waals surface area contributed by atoms with Crippen LogP contribution in [0.15, 0.2) is 6.20 Å². The number of rotatable bonds is 6. The van der Waals surface area contributed by atoms with Crippen LogP contribution in [-0.2, 0) is 6.54 Å². The van der Waals surface area contributed by atoms with Gasteiger partial charge in [0.25, 0.3) is 0 Å². The predicted octanol–water partition coefficient (Wildman–Crippen LogP) is 1.96. The molecule has 0 saturated carbocycles. The zero-order valence-electron chi connectivity index (χ0n) is 11.1. The van der Waals surface area contributed by atoms with E-state index >= 15 is 0 Å². The summed E-state index contributed by atoms with van der Waals surface area (Å²) in [6.45, 7) is 8.37. The predicted molar refractivity (Wildman–Crippen MR) is 68.9 cm³/mol. The summed E-state index contributed by atoms with van der Waals surface area (Å²) in [7, 11) is 4.19. The molecule has 92 valence electrons. The SMILES string of the molecule is CCCn1cc(C)nc1NCC(C)N(C)C. The first kappa shape index (κ1) is 13.0. The van der Waals surface area contributed by atoms with Crippen LogP contribution in [0.4, 0.5) is 5.95 Å². The summed E-state index contributed by atoms with van der Waals surface area (Å²) in [6.07, 6.45) is 3.24. The van der Waals surface area contributed by atoms with Gasteiger partial charge in [0.2, 0.25) is 5.95 Å². The zero-order chi connectivity index (χ0) is 12.1. The van der Waals surface area contributed by atoms with Crippen molar-refractivity contribution in [2.45, 2.75) is 39.8 Å². The van der Waals surface area contributed by atoms with Gasteiger partial charge in [-0.05, 0) is 34.4 Å². The minimum atomic E-state index is 0.507. The third-order valence-electron chi connectivity index (χ3n) is 2.80. The second-order valence-electron chi connectivity index (χ2n) is 4.59. The van der Waals surface area contributed by atoms with Gasteiger partial charge >= 0.3 is 0 Å². The molecule has 0 bridgehead atoms. The summed E-state index contributed by atoms with van der Waals surface area (Å²) in [6, 6.07) is 0.507. The summed E-state index contributed by atoms with van der Waals surface area (Å²) < 4.78 is 2.19. The summed E-state index contributed by atoms with van der Waals surface area (Å²) >= 11 is 0. The number of hydrogen-bond acceptors (Lipinski definition) is 3. The molecule has 4 nitrogen and oxygen atoms in total. The first-order valence-corrected chi connectivity index (χ1v) is 5.98. The molecule has 1 unspecified atom stereocenters. The Kier molecular flexibility index (Phi) is 4.80. The van der Waals surface area contributed by atoms with Crippen molar-refractivity contribution in [1.82, 2.24) is 14.5 Å². The van der Waals surface area contributed by atoms with Gasteiger partial charge in [0.15, 0.2) is 0 Å². The average Bonchev–Trinajstić information content (AvgIpc) is 2.56. The summed E-state index contributed by atoms with van der Waals surface area (Å²) in [5.41, 5.74) is 1.08. The molecule has 1 aromatic heterocycles. The fourth-order valence-corrected chi connectivity index (χ4v) is 1.52. The van der Waals surface area contributed by atoms with Crippen LogP contribution in [0, 0.1) is 6.92 Å². The number of hydrogen-bond donors (Lipinski definition) is 1. The fraction of sp³-hybridized carbons (Fsp3) is 0.750. The van der Waals surface area contributed by atoms with E-state index in [1.54, 1.807) is 0 Å². The Balaban J connectivity index is 2.58. The van der Waals surface area contributed by atoms with E-state index in [4.69, 9.17) is 0 Å². The molecule has 0 aliphatic carbocycles. The summed E-state index contributed by atoms with van der Waals surface area (Å²) in [5, 5.41) is 3.41. The zero-order valence-corrected chi connectivity index (χ0v) is 11.1. The molecule has 0 aliphatic rings. The molecule has 0 aliphatic heterocycles. The highest BCUT2D eigenvalue weighted by molar-refractivity contribution is 5.28. The molecular weight excluding hydrogens is 200 g/mol. The number of likely N-dealkylation sites (N-methyl/N-ethyl adjacent to an activating group) is 1. The first-order valence-electron chi connectivity index (χ1n) is 5.98. The van der Waals surface area contributed by atoms with Gasteiger partial charge in [0.1, 0.15) is 0 Å². The van der Waals surface area contributed by atoms with Crippen molar-refractivity contribution < 1.29 is 0 Å². The van der Waals surface area contributed by atoms with Gasteiger partial charge < -0.3 is 14.8 Å². The van der Waals surface area contributed by atoms with Gasteiger partial charge in [-0.25, -0.2) is 4.98 Å². The summed E-state index contributed by atoms with van der Waals surface area (Å²) in [5.74, 6) is 0.994. The quantitative estimate of drug-likeness (QED) is 0.802. The number of nitrogens with one attached hydrogen (secondary N) is 1. The molecule has 1 aromatic rings. The number of aromatic nitrogens is 2. The highest BCUT2D eigenvalue weighted by Crippen LogP contribution is 2.09. The van der Waals surface area contributed by atoms with Gasteiger partial charge in [0.05, 0.1) is 5.69 Å². The van der Waals surface area contributed by atoms with E-state index in [9.17, 15) is 0 Å². The van der Waals surface area contributed by atoms with Crippen LogP contribution in [0.5, 0.6) is 0 Å². The van der Waals surface area contributed by atoms with E-state index in [1.807, 2.05) is 6.92 Å². The van der Waals surface area contributed by atoms with Crippen LogP contribution < -0.4 is 5.32 Å². The van der Waals surface area contributed by atoms with Crippen LogP contribution >= 0.6 is 0 Å². The lowest BCUT2D eigenvalue weighted by Gasteiger charge is -2.20. The second-order valence-corrected chi connectivity index (χ2v) is 4.59. The van der Waals surface area contributed by atoms with Crippen LogP contribution in [0.25, 0.3) is 0 Å². The van der Waals surface area contributed by atoms with Crippen LogP contribution in [0.2, 0.25) is 0 Å². The average molecular weight is 224 g/mol. The molecule has 0 fully saturated rings. The Hall–Kier alpha value is -1.03. The Morgan fingerprint density at radius 3 is 2.75 bits per heavy atom. The number of aryl methyl sites for hydroxylation is 2. The Labute approximate surface area is 98.7 Å². The van der Waals surface area contributed by atoms with Gasteiger partial charge in [-0.2, -0.15) is 0 Å². The molecular formula is C12H24N4. The lowest BCUT2D eigenvalue weighted by Crippen LogP contribution is -2.32. The summed E-state index contributed by atoms with van der Waals surface area (Å²) in [4.78, 5) is 6.70. The second kappa shape index (κ2) is 5.89. The van der Waals surface area contributed by atoms with Crippen molar-refractivity contribution in [3.63, 3.8) is 0 Å². The molecule has 1 atom stereocenters. The van der Waals surface area contributed by atoms with Crippen LogP contribution in [0.3, 0.4) is 0 Å². The third-order valence-corrected chi connectivity index (χ3v) is 2.80. The number of anilines is 1. The molecule has 1 N–H and O–H groups in total. The molecule has 1 rings (SSSR count). The Morgan fingerprint density at radius 2 is 2.19 bits per heavy atom. The maximum atomic E-state index is 4.49. The lowest BCUT2D eigenvalue weighted by atomic mass is 10.3. The smallest absolute Gasteiger partial charge is 0.203 e. The maximum Gasteiger partial charge on any atom is 0.203 e. The minimum absolute atomic E-state index is 0.507. The van der Waals surface area contributed by atoms with Crippen molar-refractivity contribution in [1.29, 1.82) is 0 Å². The molecule has 0 saturated heterocycles. The number of nitrogens with zero attached hydrogens (tertiary/aromatic N) is 3. The Morgan fingerprint density at radius 1 is 1.50 bits per heavy atom. The standard InChI is InChI=1S/C12H24N4/c1-6-7-16-9-10(2)14-12(16)13-8-11(3)15(4)5/h9,11H,6-8H2,1-5H3,(H,13,14). The highest BCUT2D eigenvalue weighted by atomic mass is 15.2. The van der Waals surface area contributed by atoms with E-state index in [0.29, 0.717) is 6.04 Å². The molecule has 0 spiro atoms. The van der Waals surface area contributed by atoms with E-state index in [0.717, 1.165) is 31.2 Å². The largest absolute Gasteiger partial charge is 0.354 e. The van der Waals surface area contributed by atoms with Crippen molar-refractivity contribution >= 4 is 5.95 Å². The van der Waals surface area contributed by atoms with Crippen LogP contribution in [0.1, 0.15) is 26.0 Å². The fourth-order valence-electron chi connectivity index (χ4n) is 1.52. The van der Waals surface area contributed by atoms with E-state index in [-0.39, 0.29) is 0 Å². The third kappa shape index (κ3) is 3.52. The van der Waals surface area contributed by atoms with Crippen molar-refractivity contribution in [2.75, 3.05) is 26.0 Å². The topological polar surface area (TPSA) is 33.1 Å². The molecule has 0 aromatic carbocycles. The van der Waals surface area contributed by atoms with Crippen molar-refractivity contribution in [3.05, 3.63) is 11.9 Å². The van der Waals surface area contributed by atoms with Gasteiger partial charge in [-0.15, -0.1) is 0 Å². The molecule has 0 radical (unpaired) electrons. The monoisotopic (exact) mass is 224 g/mol. The van der Waals surface area contributed by atoms with E-state index < -0.39 is 0 Å². The van der Waals surface area contributed by atoms with Gasteiger partial charge in [-0.3, -0.25) is 0 Å². The lowest BCUT2D eigenvalue weighted by molar-refractivity contribution is 0.325.